The number of hydrogen-bond donors (Lipinski definition) is 0. The molecule has 0 saturated carbocycles. The molecule has 1 aromatic carbocycles. The van der Waals surface area contributed by atoms with E-state index >= 15 is 0 Å². The topological polar surface area (TPSA) is 89.7 Å². The Bertz CT molecular complexity index is 1110. The zero-order valence-corrected chi connectivity index (χ0v) is 17.3. The van der Waals surface area contributed by atoms with E-state index in [1.54, 1.807) is 19.4 Å². The second-order valence-corrected chi connectivity index (χ2v) is 7.51. The molecule has 2 aromatic heterocycles. The third-order valence-electron chi connectivity index (χ3n) is 5.00. The largest absolute Gasteiger partial charge is 0.333 e. The predicted octanol–water partition coefficient (Wildman–Crippen LogP) is 2.90. The lowest BCUT2D eigenvalue weighted by Crippen LogP contribution is -2.32. The van der Waals surface area contributed by atoms with Crippen molar-refractivity contribution in [2.75, 3.05) is 18.0 Å². The number of ketones is 1. The van der Waals surface area contributed by atoms with Crippen LogP contribution in [0.5, 0.6) is 0 Å². The maximum absolute atomic E-state index is 14.0. The minimum absolute atomic E-state index is 0.0817. The normalized spacial score (nSPS) is 14.3. The molecule has 1 aliphatic rings. The minimum Gasteiger partial charge on any atom is -0.333 e. The molecule has 0 spiro atoms. The molecule has 1 aliphatic heterocycles. The molecule has 30 heavy (non-hydrogen) atoms. The number of carbonyl (C=O) groups is 1. The number of aryl methyl sites for hydroxylation is 1. The summed E-state index contributed by atoms with van der Waals surface area (Å²) in [5, 5.41) is 12.3. The fraction of sp³-hybridized carbons (Fsp3) is 0.300. The molecule has 0 unspecified atom stereocenters. The first kappa shape index (κ1) is 20.1. The van der Waals surface area contributed by atoms with Crippen molar-refractivity contribution in [2.45, 2.75) is 19.8 Å². The van der Waals surface area contributed by atoms with Crippen molar-refractivity contribution in [3.63, 3.8) is 0 Å². The molecule has 0 amide bonds. The van der Waals surface area contributed by atoms with Crippen LogP contribution in [-0.4, -0.2) is 49.0 Å². The molecule has 154 valence electrons. The van der Waals surface area contributed by atoms with Crippen LogP contribution in [-0.2, 0) is 13.5 Å². The average molecular weight is 428 g/mol. The van der Waals surface area contributed by atoms with Crippen molar-refractivity contribution in [1.29, 1.82) is 0 Å². The Kier molecular flexibility index (Phi) is 5.54. The summed E-state index contributed by atoms with van der Waals surface area (Å²) < 4.78 is 14.0. The number of aromatic nitrogens is 6. The quantitative estimate of drug-likeness (QED) is 0.578. The van der Waals surface area contributed by atoms with Crippen molar-refractivity contribution >= 4 is 28.9 Å². The molecule has 0 saturated heterocycles. The molecular formula is C20H19ClFN7O. The molecule has 4 rings (SSSR count). The molecule has 0 N–H and O–H groups in total. The molecule has 10 heteroatoms. The number of Topliss-reactive ketones (excluding diaryl/α,β-unsaturated/α-hetero) is 1. The highest BCUT2D eigenvalue weighted by Gasteiger charge is 2.22. The summed E-state index contributed by atoms with van der Waals surface area (Å²) in [6, 6.07) is 4.16. The Balaban J connectivity index is 1.51. The Morgan fingerprint density at radius 3 is 2.77 bits per heavy atom. The van der Waals surface area contributed by atoms with Gasteiger partial charge in [-0.25, -0.2) is 4.39 Å². The van der Waals surface area contributed by atoms with Crippen molar-refractivity contribution in [3.8, 4) is 0 Å². The van der Waals surface area contributed by atoms with Gasteiger partial charge in [-0.2, -0.15) is 4.80 Å². The van der Waals surface area contributed by atoms with Gasteiger partial charge in [-0.1, -0.05) is 28.3 Å². The fourth-order valence-corrected chi connectivity index (χ4v) is 3.62. The minimum atomic E-state index is -0.641. The van der Waals surface area contributed by atoms with Gasteiger partial charge in [0.1, 0.15) is 5.82 Å². The monoisotopic (exact) mass is 427 g/mol. The van der Waals surface area contributed by atoms with Gasteiger partial charge in [-0.05, 0) is 36.3 Å². The molecule has 0 fully saturated rings. The molecule has 0 bridgehead atoms. The van der Waals surface area contributed by atoms with Gasteiger partial charge >= 0.3 is 0 Å². The Labute approximate surface area is 177 Å². The Hall–Kier alpha value is -3.20. The first-order chi connectivity index (χ1) is 14.4. The molecular weight excluding hydrogens is 409 g/mol. The van der Waals surface area contributed by atoms with E-state index in [1.807, 2.05) is 4.90 Å². The molecule has 8 nitrogen and oxygen atoms in total. The smallest absolute Gasteiger partial charge is 0.266 e. The van der Waals surface area contributed by atoms with Gasteiger partial charge in [-0.15, -0.1) is 5.10 Å². The lowest BCUT2D eigenvalue weighted by atomic mass is 9.99. The van der Waals surface area contributed by atoms with Crippen molar-refractivity contribution in [2.24, 2.45) is 7.05 Å². The van der Waals surface area contributed by atoms with Crippen molar-refractivity contribution < 1.29 is 9.18 Å². The summed E-state index contributed by atoms with van der Waals surface area (Å²) in [4.78, 5) is 24.8. The summed E-state index contributed by atoms with van der Waals surface area (Å²) in [5.74, 6) is -0.509. The van der Waals surface area contributed by atoms with Gasteiger partial charge in [0, 0.05) is 19.3 Å². The zero-order valence-electron chi connectivity index (χ0n) is 16.5. The fourth-order valence-electron chi connectivity index (χ4n) is 3.35. The molecule has 0 aliphatic carbocycles. The van der Waals surface area contributed by atoms with Crippen molar-refractivity contribution in [1.82, 2.24) is 30.2 Å². The number of carbonyl (C=O) groups excluding carboxylic acids is 1. The van der Waals surface area contributed by atoms with E-state index in [0.717, 1.165) is 24.2 Å². The van der Waals surface area contributed by atoms with E-state index in [-0.39, 0.29) is 17.0 Å². The number of benzene rings is 1. The number of nitrogens with zero attached hydrogens (tertiary/aromatic N) is 7. The summed E-state index contributed by atoms with van der Waals surface area (Å²) >= 11 is 5.98. The van der Waals surface area contributed by atoms with Gasteiger partial charge in [0.25, 0.3) is 5.95 Å². The van der Waals surface area contributed by atoms with Crippen LogP contribution in [0.4, 0.5) is 10.3 Å². The number of tetrazole rings is 1. The van der Waals surface area contributed by atoms with Crippen LogP contribution >= 0.6 is 11.6 Å². The van der Waals surface area contributed by atoms with Gasteiger partial charge in [0.05, 0.1) is 41.6 Å². The van der Waals surface area contributed by atoms with E-state index in [0.29, 0.717) is 18.2 Å². The van der Waals surface area contributed by atoms with E-state index < -0.39 is 11.6 Å². The summed E-state index contributed by atoms with van der Waals surface area (Å²) in [5.41, 5.74) is 3.30. The van der Waals surface area contributed by atoms with Crippen LogP contribution in [0.25, 0.3) is 5.57 Å². The second-order valence-electron chi connectivity index (χ2n) is 7.10. The van der Waals surface area contributed by atoms with Crippen LogP contribution in [0.15, 0.2) is 36.2 Å². The van der Waals surface area contributed by atoms with E-state index in [4.69, 9.17) is 11.6 Å². The lowest BCUT2D eigenvalue weighted by molar-refractivity contribution is 0.0988. The van der Waals surface area contributed by atoms with Crippen LogP contribution < -0.4 is 4.90 Å². The highest BCUT2D eigenvalue weighted by atomic mass is 35.5. The van der Waals surface area contributed by atoms with E-state index in [1.165, 1.54) is 28.6 Å². The van der Waals surface area contributed by atoms with Crippen LogP contribution in [0.2, 0.25) is 5.02 Å². The highest BCUT2D eigenvalue weighted by molar-refractivity contribution is 6.34. The predicted molar refractivity (Wildman–Crippen MR) is 110 cm³/mol. The summed E-state index contributed by atoms with van der Waals surface area (Å²) in [6.45, 7) is 3.45. The Morgan fingerprint density at radius 2 is 2.10 bits per heavy atom. The third-order valence-corrected chi connectivity index (χ3v) is 5.31. The summed E-state index contributed by atoms with van der Waals surface area (Å²) in [6.07, 6.45) is 3.95. The number of anilines is 1. The number of rotatable bonds is 5. The van der Waals surface area contributed by atoms with Crippen LogP contribution in [0.1, 0.15) is 35.1 Å². The van der Waals surface area contributed by atoms with Crippen LogP contribution in [0, 0.1) is 5.82 Å². The Morgan fingerprint density at radius 1 is 1.27 bits per heavy atom. The number of halogens is 2. The highest BCUT2D eigenvalue weighted by Crippen LogP contribution is 2.27. The first-order valence-corrected chi connectivity index (χ1v) is 9.76. The first-order valence-electron chi connectivity index (χ1n) is 9.38. The SMILES string of the molecule is CC1=C(c2cnc(CC(=O)c3c(F)cccc3Cl)cn2)CN(c2nnn(C)n2)CC1. The van der Waals surface area contributed by atoms with Crippen molar-refractivity contribution in [3.05, 3.63) is 64.0 Å². The van der Waals surface area contributed by atoms with Crippen LogP contribution in [0.3, 0.4) is 0 Å². The van der Waals surface area contributed by atoms with Gasteiger partial charge in [0.15, 0.2) is 5.78 Å². The standard InChI is InChI=1S/C20H19ClFN7O/c1-12-6-7-29(20-25-27-28(2)26-20)11-14(12)17-10-23-13(9-24-17)8-18(30)19-15(21)4-3-5-16(19)22/h3-5,9-10H,6-8,11H2,1-2H3. The zero-order chi connectivity index (χ0) is 21.3. The molecule has 3 heterocycles. The third kappa shape index (κ3) is 4.06. The summed E-state index contributed by atoms with van der Waals surface area (Å²) in [7, 11) is 1.72. The maximum atomic E-state index is 14.0. The maximum Gasteiger partial charge on any atom is 0.266 e. The molecule has 0 atom stereocenters. The average Bonchev–Trinajstić information content (AvgIpc) is 3.15. The van der Waals surface area contributed by atoms with E-state index in [2.05, 4.69) is 32.3 Å². The number of hydrogen-bond acceptors (Lipinski definition) is 7. The molecule has 3 aromatic rings. The van der Waals surface area contributed by atoms with Gasteiger partial charge in [0.2, 0.25) is 0 Å². The second kappa shape index (κ2) is 8.27. The van der Waals surface area contributed by atoms with Gasteiger partial charge < -0.3 is 4.90 Å². The van der Waals surface area contributed by atoms with Gasteiger partial charge in [-0.3, -0.25) is 14.8 Å². The lowest BCUT2D eigenvalue weighted by Gasteiger charge is -2.28. The molecule has 0 radical (unpaired) electrons. The van der Waals surface area contributed by atoms with E-state index in [9.17, 15) is 9.18 Å².